The number of hydrogen-bond acceptors (Lipinski definition) is 5. The van der Waals surface area contributed by atoms with E-state index in [9.17, 15) is 0 Å². The van der Waals surface area contributed by atoms with E-state index in [2.05, 4.69) is 48.5 Å². The average molecular weight is 291 g/mol. The average Bonchev–Trinajstić information content (AvgIpc) is 2.85. The number of thioether (sulfide) groups is 1. The van der Waals surface area contributed by atoms with Gasteiger partial charge in [0.25, 0.3) is 0 Å². The van der Waals surface area contributed by atoms with Crippen molar-refractivity contribution in [3.05, 3.63) is 30.3 Å². The number of hydrogen-bond donors (Lipinski definition) is 1. The summed E-state index contributed by atoms with van der Waals surface area (Å²) in [7, 11) is 0. The predicted octanol–water partition coefficient (Wildman–Crippen LogP) is 2.53. The van der Waals surface area contributed by atoms with E-state index in [1.54, 1.807) is 16.4 Å². The minimum atomic E-state index is 0.125. The third-order valence-electron chi connectivity index (χ3n) is 2.67. The number of tetrazole rings is 1. The third-order valence-corrected chi connectivity index (χ3v) is 3.70. The van der Waals surface area contributed by atoms with Gasteiger partial charge in [0.05, 0.1) is 5.69 Å². The second-order valence-electron chi connectivity index (χ2n) is 5.77. The van der Waals surface area contributed by atoms with E-state index in [-0.39, 0.29) is 5.54 Å². The molecule has 0 aliphatic rings. The highest BCUT2D eigenvalue weighted by Crippen LogP contribution is 2.22. The molecule has 20 heavy (non-hydrogen) atoms. The standard InChI is InChI=1S/C14H21N5S/c1-11(10-15-14(2,3)4)20-13-16-17-18-19(13)12-8-6-5-7-9-12/h5-9,11,15H,10H2,1-4H3. The van der Waals surface area contributed by atoms with Gasteiger partial charge >= 0.3 is 0 Å². The second-order valence-corrected chi connectivity index (χ2v) is 7.17. The molecule has 0 amide bonds. The van der Waals surface area contributed by atoms with Crippen molar-refractivity contribution < 1.29 is 0 Å². The minimum absolute atomic E-state index is 0.125. The Bertz CT molecular complexity index is 532. The number of nitrogens with zero attached hydrogens (tertiary/aromatic N) is 4. The predicted molar refractivity (Wildman–Crippen MR) is 82.2 cm³/mol. The van der Waals surface area contributed by atoms with Crippen LogP contribution >= 0.6 is 11.8 Å². The van der Waals surface area contributed by atoms with Crippen molar-refractivity contribution in [3.8, 4) is 5.69 Å². The smallest absolute Gasteiger partial charge is 0.214 e. The largest absolute Gasteiger partial charge is 0.311 e. The van der Waals surface area contributed by atoms with Crippen LogP contribution in [0.15, 0.2) is 35.5 Å². The summed E-state index contributed by atoms with van der Waals surface area (Å²) < 4.78 is 1.78. The summed E-state index contributed by atoms with van der Waals surface area (Å²) in [5.41, 5.74) is 1.11. The number of benzene rings is 1. The zero-order valence-electron chi connectivity index (χ0n) is 12.4. The van der Waals surface area contributed by atoms with Crippen molar-refractivity contribution in [3.63, 3.8) is 0 Å². The summed E-state index contributed by atoms with van der Waals surface area (Å²) in [6.45, 7) is 9.58. The van der Waals surface area contributed by atoms with E-state index < -0.39 is 0 Å². The van der Waals surface area contributed by atoms with E-state index in [1.165, 1.54) is 0 Å². The van der Waals surface area contributed by atoms with Gasteiger partial charge in [0.1, 0.15) is 0 Å². The topological polar surface area (TPSA) is 55.6 Å². The van der Waals surface area contributed by atoms with Gasteiger partial charge in [-0.3, -0.25) is 0 Å². The Morgan fingerprint density at radius 3 is 2.60 bits per heavy atom. The molecule has 6 heteroatoms. The van der Waals surface area contributed by atoms with E-state index in [0.29, 0.717) is 5.25 Å². The van der Waals surface area contributed by atoms with Crippen molar-refractivity contribution in [1.82, 2.24) is 25.5 Å². The molecule has 0 aliphatic heterocycles. The van der Waals surface area contributed by atoms with Gasteiger partial charge in [-0.1, -0.05) is 36.9 Å². The lowest BCUT2D eigenvalue weighted by atomic mass is 10.1. The van der Waals surface area contributed by atoms with Crippen molar-refractivity contribution in [1.29, 1.82) is 0 Å². The van der Waals surface area contributed by atoms with Gasteiger partial charge in [0, 0.05) is 17.3 Å². The summed E-state index contributed by atoms with van der Waals surface area (Å²) in [6.07, 6.45) is 0. The van der Waals surface area contributed by atoms with Crippen LogP contribution in [0, 0.1) is 0 Å². The molecule has 5 nitrogen and oxygen atoms in total. The maximum Gasteiger partial charge on any atom is 0.214 e. The van der Waals surface area contributed by atoms with E-state index >= 15 is 0 Å². The first-order valence-corrected chi connectivity index (χ1v) is 7.59. The van der Waals surface area contributed by atoms with Crippen LogP contribution in [0.5, 0.6) is 0 Å². The molecule has 0 saturated heterocycles. The van der Waals surface area contributed by atoms with Crippen LogP contribution in [0.3, 0.4) is 0 Å². The van der Waals surface area contributed by atoms with Crippen LogP contribution in [0.25, 0.3) is 5.69 Å². The quantitative estimate of drug-likeness (QED) is 0.858. The third kappa shape index (κ3) is 4.31. The summed E-state index contributed by atoms with van der Waals surface area (Å²) >= 11 is 1.68. The van der Waals surface area contributed by atoms with Crippen molar-refractivity contribution in [2.75, 3.05) is 6.54 Å². The Labute approximate surface area is 124 Å². The van der Waals surface area contributed by atoms with Crippen molar-refractivity contribution >= 4 is 11.8 Å². The monoisotopic (exact) mass is 291 g/mol. The fourth-order valence-electron chi connectivity index (χ4n) is 1.66. The SMILES string of the molecule is CC(CNC(C)(C)C)Sc1nnnn1-c1ccccc1. The maximum atomic E-state index is 4.11. The lowest BCUT2D eigenvalue weighted by Gasteiger charge is -2.22. The zero-order chi connectivity index (χ0) is 14.6. The highest BCUT2D eigenvalue weighted by molar-refractivity contribution is 7.99. The molecule has 2 aromatic rings. The fraction of sp³-hybridized carbons (Fsp3) is 0.500. The summed E-state index contributed by atoms with van der Waals surface area (Å²) in [4.78, 5) is 0. The minimum Gasteiger partial charge on any atom is -0.311 e. The Morgan fingerprint density at radius 2 is 1.95 bits per heavy atom. The highest BCUT2D eigenvalue weighted by Gasteiger charge is 2.15. The molecule has 1 unspecified atom stereocenters. The highest BCUT2D eigenvalue weighted by atomic mass is 32.2. The number of aromatic nitrogens is 4. The molecule has 0 radical (unpaired) electrons. The first kappa shape index (κ1) is 15.0. The second kappa shape index (κ2) is 6.37. The van der Waals surface area contributed by atoms with E-state index in [0.717, 1.165) is 17.4 Å². The van der Waals surface area contributed by atoms with Crippen molar-refractivity contribution in [2.45, 2.75) is 43.6 Å². The van der Waals surface area contributed by atoms with Crippen LogP contribution in [0.4, 0.5) is 0 Å². The first-order chi connectivity index (χ1) is 9.46. The van der Waals surface area contributed by atoms with Gasteiger partial charge in [-0.15, -0.1) is 5.10 Å². The number of para-hydroxylation sites is 1. The molecule has 0 aliphatic carbocycles. The summed E-state index contributed by atoms with van der Waals surface area (Å²) in [6, 6.07) is 9.94. The molecule has 1 aromatic heterocycles. The Kier molecular flexibility index (Phi) is 4.77. The maximum absolute atomic E-state index is 4.11. The molecule has 1 heterocycles. The molecule has 2 rings (SSSR count). The Balaban J connectivity index is 2.02. The van der Waals surface area contributed by atoms with Gasteiger partial charge in [-0.25, -0.2) is 0 Å². The van der Waals surface area contributed by atoms with Crippen LogP contribution in [0.2, 0.25) is 0 Å². The molecule has 1 atom stereocenters. The van der Waals surface area contributed by atoms with E-state index in [4.69, 9.17) is 0 Å². The van der Waals surface area contributed by atoms with Gasteiger partial charge < -0.3 is 5.32 Å². The molecule has 0 fully saturated rings. The number of rotatable bonds is 5. The number of nitrogens with one attached hydrogen (secondary N) is 1. The molecule has 108 valence electrons. The van der Waals surface area contributed by atoms with Gasteiger partial charge in [0.2, 0.25) is 5.16 Å². The molecular formula is C14H21N5S. The zero-order valence-corrected chi connectivity index (χ0v) is 13.2. The molecule has 0 spiro atoms. The van der Waals surface area contributed by atoms with Gasteiger partial charge in [-0.05, 0) is 43.3 Å². The van der Waals surface area contributed by atoms with Crippen LogP contribution in [-0.2, 0) is 0 Å². The fourth-order valence-corrected chi connectivity index (χ4v) is 2.51. The summed E-state index contributed by atoms with van der Waals surface area (Å²) in [5, 5.41) is 16.7. The van der Waals surface area contributed by atoms with Crippen LogP contribution in [-0.4, -0.2) is 37.5 Å². The molecular weight excluding hydrogens is 270 g/mol. The normalized spacial score (nSPS) is 13.4. The van der Waals surface area contributed by atoms with E-state index in [1.807, 2.05) is 30.3 Å². The van der Waals surface area contributed by atoms with Gasteiger partial charge in [0.15, 0.2) is 0 Å². The summed E-state index contributed by atoms with van der Waals surface area (Å²) in [5.74, 6) is 0. The first-order valence-electron chi connectivity index (χ1n) is 6.71. The van der Waals surface area contributed by atoms with Crippen LogP contribution < -0.4 is 5.32 Å². The lowest BCUT2D eigenvalue weighted by molar-refractivity contribution is 0.429. The molecule has 0 bridgehead atoms. The molecule has 1 aromatic carbocycles. The Morgan fingerprint density at radius 1 is 1.25 bits per heavy atom. The van der Waals surface area contributed by atoms with Crippen molar-refractivity contribution in [2.24, 2.45) is 0 Å². The van der Waals surface area contributed by atoms with Crippen LogP contribution in [0.1, 0.15) is 27.7 Å². The van der Waals surface area contributed by atoms with Gasteiger partial charge in [-0.2, -0.15) is 4.68 Å². The lowest BCUT2D eigenvalue weighted by Crippen LogP contribution is -2.39. The molecule has 1 N–H and O–H groups in total. The Hall–Kier alpha value is -1.40. The molecule has 0 saturated carbocycles.